The van der Waals surface area contributed by atoms with Crippen LogP contribution >= 0.6 is 0 Å². The van der Waals surface area contributed by atoms with Crippen molar-refractivity contribution in [3.8, 4) is 0 Å². The number of amides is 1. The maximum Gasteiger partial charge on any atom is 0.251 e. The van der Waals surface area contributed by atoms with Crippen molar-refractivity contribution in [2.24, 2.45) is 10.9 Å². The minimum atomic E-state index is -0.0390. The summed E-state index contributed by atoms with van der Waals surface area (Å²) in [5.74, 6) is 1.55. The molecule has 3 N–H and O–H groups in total. The lowest BCUT2D eigenvalue weighted by molar-refractivity contribution is 0.0951. The first kappa shape index (κ1) is 24.0. The molecule has 0 fully saturated rings. The van der Waals surface area contributed by atoms with Crippen LogP contribution in [0.3, 0.4) is 0 Å². The van der Waals surface area contributed by atoms with E-state index in [0.717, 1.165) is 43.5 Å². The molecule has 0 radical (unpaired) electrons. The Bertz CT molecular complexity index is 598. The van der Waals surface area contributed by atoms with Crippen molar-refractivity contribution in [3.05, 3.63) is 35.4 Å². The fourth-order valence-corrected chi connectivity index (χ4v) is 2.70. The highest BCUT2D eigenvalue weighted by Gasteiger charge is 2.06. The monoisotopic (exact) mass is 389 g/mol. The number of hydrogen-bond donors (Lipinski definition) is 3. The summed E-state index contributed by atoms with van der Waals surface area (Å²) in [6.07, 6.45) is 3.64. The van der Waals surface area contributed by atoms with Crippen LogP contribution in [0.25, 0.3) is 0 Å². The zero-order valence-corrected chi connectivity index (χ0v) is 18.3. The molecule has 0 aliphatic carbocycles. The van der Waals surface area contributed by atoms with Crippen molar-refractivity contribution in [1.29, 1.82) is 0 Å². The molecule has 0 bridgehead atoms. The van der Waals surface area contributed by atoms with E-state index in [1.807, 2.05) is 43.3 Å². The van der Waals surface area contributed by atoms with Gasteiger partial charge >= 0.3 is 0 Å². The highest BCUT2D eigenvalue weighted by Crippen LogP contribution is 2.07. The van der Waals surface area contributed by atoms with Crippen LogP contribution in [0.15, 0.2) is 29.3 Å². The van der Waals surface area contributed by atoms with Crippen molar-refractivity contribution < 1.29 is 4.79 Å². The summed E-state index contributed by atoms with van der Waals surface area (Å²) in [5.41, 5.74) is 1.70. The third-order valence-corrected chi connectivity index (χ3v) is 4.30. The van der Waals surface area contributed by atoms with Crippen molar-refractivity contribution in [1.82, 2.24) is 20.9 Å². The van der Waals surface area contributed by atoms with Gasteiger partial charge in [-0.15, -0.1) is 0 Å². The van der Waals surface area contributed by atoms with E-state index >= 15 is 0 Å². The van der Waals surface area contributed by atoms with Crippen LogP contribution in [0.5, 0.6) is 0 Å². The molecule has 0 aliphatic rings. The van der Waals surface area contributed by atoms with Gasteiger partial charge in [0.2, 0.25) is 0 Å². The smallest absolute Gasteiger partial charge is 0.251 e. The molecule has 0 atom stereocenters. The molecule has 158 valence electrons. The topological polar surface area (TPSA) is 68.8 Å². The van der Waals surface area contributed by atoms with Gasteiger partial charge in [-0.25, -0.2) is 4.99 Å². The van der Waals surface area contributed by atoms with E-state index < -0.39 is 0 Å². The van der Waals surface area contributed by atoms with Crippen molar-refractivity contribution in [2.75, 3.05) is 40.3 Å². The highest BCUT2D eigenvalue weighted by molar-refractivity contribution is 5.94. The zero-order valence-electron chi connectivity index (χ0n) is 18.3. The minimum Gasteiger partial charge on any atom is -0.357 e. The molecular formula is C22H39N5O. The number of hydrogen-bond acceptors (Lipinski definition) is 3. The Morgan fingerprint density at radius 3 is 2.57 bits per heavy atom. The predicted molar refractivity (Wildman–Crippen MR) is 119 cm³/mol. The number of guanidine groups is 1. The number of nitrogens with one attached hydrogen (secondary N) is 3. The van der Waals surface area contributed by atoms with Gasteiger partial charge in [0.1, 0.15) is 0 Å². The summed E-state index contributed by atoms with van der Waals surface area (Å²) in [4.78, 5) is 19.0. The lowest BCUT2D eigenvalue weighted by Crippen LogP contribution is -2.37. The number of carbonyl (C=O) groups excluding carboxylic acids is 1. The van der Waals surface area contributed by atoms with E-state index in [1.54, 1.807) is 0 Å². The molecule has 1 amide bonds. The van der Waals surface area contributed by atoms with Gasteiger partial charge in [-0.05, 0) is 51.1 Å². The molecule has 0 saturated carbocycles. The number of rotatable bonds is 12. The van der Waals surface area contributed by atoms with Gasteiger partial charge < -0.3 is 20.9 Å². The summed E-state index contributed by atoms with van der Waals surface area (Å²) in [5, 5.41) is 9.63. The van der Waals surface area contributed by atoms with Gasteiger partial charge in [0.05, 0.1) is 6.54 Å². The minimum absolute atomic E-state index is 0.0390. The van der Waals surface area contributed by atoms with Crippen LogP contribution < -0.4 is 16.0 Å². The summed E-state index contributed by atoms with van der Waals surface area (Å²) < 4.78 is 0. The number of benzene rings is 1. The molecule has 1 aromatic carbocycles. The predicted octanol–water partition coefficient (Wildman–Crippen LogP) is 2.86. The van der Waals surface area contributed by atoms with Gasteiger partial charge in [-0.3, -0.25) is 4.79 Å². The van der Waals surface area contributed by atoms with Crippen LogP contribution in [0.2, 0.25) is 0 Å². The van der Waals surface area contributed by atoms with Gasteiger partial charge in [-0.2, -0.15) is 0 Å². The highest BCUT2D eigenvalue weighted by atomic mass is 16.1. The van der Waals surface area contributed by atoms with E-state index in [-0.39, 0.29) is 5.91 Å². The van der Waals surface area contributed by atoms with E-state index in [2.05, 4.69) is 41.7 Å². The van der Waals surface area contributed by atoms with Crippen molar-refractivity contribution in [3.63, 3.8) is 0 Å². The molecule has 1 aromatic rings. The number of unbranched alkanes of at least 4 members (excludes halogenated alkanes) is 1. The maximum atomic E-state index is 12.3. The number of carbonyl (C=O) groups is 1. The molecular weight excluding hydrogens is 350 g/mol. The van der Waals surface area contributed by atoms with Crippen molar-refractivity contribution in [2.45, 2.75) is 46.6 Å². The van der Waals surface area contributed by atoms with E-state index in [9.17, 15) is 4.79 Å². The molecule has 0 aliphatic heterocycles. The van der Waals surface area contributed by atoms with E-state index in [1.165, 1.54) is 12.8 Å². The molecule has 0 heterocycles. The number of aliphatic imine (C=N–C) groups is 1. The molecule has 6 heteroatoms. The molecule has 1 rings (SSSR count). The third kappa shape index (κ3) is 10.9. The molecule has 0 aromatic heterocycles. The van der Waals surface area contributed by atoms with Crippen LogP contribution in [0.1, 0.15) is 56.0 Å². The average molecular weight is 390 g/mol. The average Bonchev–Trinajstić information content (AvgIpc) is 2.65. The lowest BCUT2D eigenvalue weighted by Gasteiger charge is -2.12. The van der Waals surface area contributed by atoms with Crippen LogP contribution in [0.4, 0.5) is 0 Å². The van der Waals surface area contributed by atoms with E-state index in [4.69, 9.17) is 0 Å². The second-order valence-corrected chi connectivity index (χ2v) is 7.77. The quantitative estimate of drug-likeness (QED) is 0.292. The lowest BCUT2D eigenvalue weighted by atomic mass is 10.1. The second-order valence-electron chi connectivity index (χ2n) is 7.77. The molecule has 28 heavy (non-hydrogen) atoms. The Morgan fingerprint density at radius 1 is 1.11 bits per heavy atom. The third-order valence-electron chi connectivity index (χ3n) is 4.30. The van der Waals surface area contributed by atoms with Gasteiger partial charge in [0.25, 0.3) is 5.91 Å². The summed E-state index contributed by atoms with van der Waals surface area (Å²) in [7, 11) is 3.98. The summed E-state index contributed by atoms with van der Waals surface area (Å²) in [6, 6.07) is 7.68. The first-order chi connectivity index (χ1) is 13.4. The Balaban J connectivity index is 2.55. The summed E-state index contributed by atoms with van der Waals surface area (Å²) >= 11 is 0. The largest absolute Gasteiger partial charge is 0.357 e. The molecule has 0 unspecified atom stereocenters. The first-order valence-electron chi connectivity index (χ1n) is 10.5. The number of nitrogens with zero attached hydrogens (tertiary/aromatic N) is 2. The Morgan fingerprint density at radius 2 is 1.89 bits per heavy atom. The molecule has 0 spiro atoms. The first-order valence-corrected chi connectivity index (χ1v) is 10.5. The van der Waals surface area contributed by atoms with E-state index in [0.29, 0.717) is 18.7 Å². The van der Waals surface area contributed by atoms with Gasteiger partial charge in [0, 0.05) is 31.7 Å². The molecule has 0 saturated heterocycles. The second kappa shape index (κ2) is 14.0. The fraction of sp³-hybridized carbons (Fsp3) is 0.636. The van der Waals surface area contributed by atoms with Gasteiger partial charge in [0.15, 0.2) is 5.96 Å². The van der Waals surface area contributed by atoms with Crippen LogP contribution in [-0.2, 0) is 6.54 Å². The van der Waals surface area contributed by atoms with Crippen molar-refractivity contribution >= 4 is 11.9 Å². The maximum absolute atomic E-state index is 12.3. The van der Waals surface area contributed by atoms with Crippen LogP contribution in [-0.4, -0.2) is 57.0 Å². The molecule has 6 nitrogen and oxygen atoms in total. The Kier molecular flexibility index (Phi) is 12.0. The van der Waals surface area contributed by atoms with Crippen LogP contribution in [0, 0.1) is 5.92 Å². The zero-order chi connectivity index (χ0) is 20.8. The SMILES string of the molecule is CCNC(=NCc1cccc(C(=O)NCCN(C)C)c1)NCCCCC(C)C. The summed E-state index contributed by atoms with van der Waals surface area (Å²) in [6.45, 7) is 10.3. The number of likely N-dealkylation sites (N-methyl/N-ethyl adjacent to an activating group) is 1. The normalized spacial score (nSPS) is 11.8. The van der Waals surface area contributed by atoms with Gasteiger partial charge in [-0.1, -0.05) is 38.8 Å². The Hall–Kier alpha value is -2.08. The Labute approximate surface area is 171 Å². The fourth-order valence-electron chi connectivity index (χ4n) is 2.70. The standard InChI is InChI=1S/C22H39N5O/c1-6-23-22(25-13-8-7-10-18(2)3)26-17-19-11-9-12-20(16-19)21(28)24-14-15-27(4)5/h9,11-12,16,18H,6-8,10,13-15,17H2,1-5H3,(H,24,28)(H2,23,25,26).